The minimum atomic E-state index is -3.56. The van der Waals surface area contributed by atoms with Crippen molar-refractivity contribution in [2.75, 3.05) is 6.61 Å². The van der Waals surface area contributed by atoms with Crippen molar-refractivity contribution in [1.29, 1.82) is 0 Å². The van der Waals surface area contributed by atoms with Gasteiger partial charge in [-0.25, -0.2) is 8.42 Å². The van der Waals surface area contributed by atoms with Gasteiger partial charge >= 0.3 is 0 Å². The fourth-order valence-corrected chi connectivity index (χ4v) is 12.9. The van der Waals surface area contributed by atoms with E-state index in [9.17, 15) is 8.42 Å². The van der Waals surface area contributed by atoms with Crippen LogP contribution in [-0.2, 0) is 23.7 Å². The molecule has 1 heterocycles. The molecule has 0 amide bonds. The Balaban J connectivity index is 1.52. The summed E-state index contributed by atoms with van der Waals surface area (Å²) < 4.78 is 45.2. The molecule has 0 bridgehead atoms. The molecule has 5 rings (SSSR count). The number of sulfone groups is 1. The predicted molar refractivity (Wildman–Crippen MR) is 141 cm³/mol. The van der Waals surface area contributed by atoms with E-state index in [-0.39, 0.29) is 11.6 Å². The lowest BCUT2D eigenvalue weighted by Gasteiger charge is -2.44. The summed E-state index contributed by atoms with van der Waals surface area (Å²) in [7, 11) is -6.38. The largest absolute Gasteiger partial charge is 0.457 e. The van der Waals surface area contributed by atoms with Crippen molar-refractivity contribution < 1.29 is 22.3 Å². The average Bonchev–Trinajstić information content (AvgIpc) is 3.73. The molecule has 2 fully saturated rings. The summed E-state index contributed by atoms with van der Waals surface area (Å²) in [6, 6.07) is 20.8. The zero-order valence-electron chi connectivity index (χ0n) is 21.3. The molecule has 188 valence electrons. The van der Waals surface area contributed by atoms with Gasteiger partial charge in [0.2, 0.25) is 5.79 Å². The minimum absolute atomic E-state index is 0.196. The number of benzene rings is 2. The monoisotopic (exact) mass is 512 g/mol. The lowest BCUT2D eigenvalue weighted by molar-refractivity contribution is -0.117. The molecule has 35 heavy (non-hydrogen) atoms. The van der Waals surface area contributed by atoms with Crippen LogP contribution in [0.5, 0.6) is 0 Å². The molecule has 0 aromatic heterocycles. The van der Waals surface area contributed by atoms with Crippen LogP contribution in [0.4, 0.5) is 0 Å². The molecule has 0 atom stereocenters. The van der Waals surface area contributed by atoms with Crippen molar-refractivity contribution in [2.24, 2.45) is 0 Å². The van der Waals surface area contributed by atoms with Crippen molar-refractivity contribution >= 4 is 28.5 Å². The Hall–Kier alpha value is -2.09. The summed E-state index contributed by atoms with van der Waals surface area (Å²) in [6.45, 7) is 10.4. The first-order chi connectivity index (χ1) is 16.4. The molecule has 2 aromatic carbocycles. The molecule has 0 N–H and O–H groups in total. The SMILES string of the molecule is CC1(C)OC=C(C2(S(=O)(=O)C3(CO[Si](c4ccccc4)(c4ccccc4)C(C)(C)C)CC3)CC2)O1. The summed E-state index contributed by atoms with van der Waals surface area (Å²) in [5, 5.41) is 2.11. The van der Waals surface area contributed by atoms with E-state index in [0.717, 1.165) is 10.4 Å². The van der Waals surface area contributed by atoms with E-state index in [1.807, 2.05) is 36.4 Å². The van der Waals surface area contributed by atoms with E-state index in [4.69, 9.17) is 13.9 Å². The summed E-state index contributed by atoms with van der Waals surface area (Å²) >= 11 is 0. The van der Waals surface area contributed by atoms with Gasteiger partial charge < -0.3 is 13.9 Å². The minimum Gasteiger partial charge on any atom is -0.457 e. The first-order valence-corrected chi connectivity index (χ1v) is 15.9. The zero-order valence-corrected chi connectivity index (χ0v) is 23.2. The Bertz CT molecular complexity index is 1180. The Morgan fingerprint density at radius 1 is 0.886 bits per heavy atom. The van der Waals surface area contributed by atoms with Gasteiger partial charge in [-0.05, 0) is 41.1 Å². The van der Waals surface area contributed by atoms with Gasteiger partial charge in [0, 0.05) is 13.8 Å². The Labute approximate surface area is 210 Å². The van der Waals surface area contributed by atoms with E-state index in [1.165, 1.54) is 6.26 Å². The third-order valence-electron chi connectivity index (χ3n) is 7.82. The molecule has 3 aliphatic rings. The van der Waals surface area contributed by atoms with Crippen molar-refractivity contribution in [3.05, 3.63) is 72.7 Å². The second-order valence-electron chi connectivity index (χ2n) is 11.7. The lowest BCUT2D eigenvalue weighted by Crippen LogP contribution is -2.67. The van der Waals surface area contributed by atoms with Crippen LogP contribution in [0.2, 0.25) is 5.04 Å². The molecular weight excluding hydrogens is 476 g/mol. The van der Waals surface area contributed by atoms with Gasteiger partial charge in [-0.2, -0.15) is 0 Å². The third kappa shape index (κ3) is 3.78. The second kappa shape index (κ2) is 7.95. The molecule has 0 saturated heterocycles. The number of rotatable bonds is 8. The van der Waals surface area contributed by atoms with Crippen LogP contribution < -0.4 is 10.4 Å². The maximum absolute atomic E-state index is 14.2. The Kier molecular flexibility index (Phi) is 5.59. The van der Waals surface area contributed by atoms with Crippen LogP contribution in [0.25, 0.3) is 0 Å². The van der Waals surface area contributed by atoms with Gasteiger partial charge in [0.25, 0.3) is 8.32 Å². The molecule has 1 aliphatic heterocycles. The van der Waals surface area contributed by atoms with E-state index in [0.29, 0.717) is 31.4 Å². The van der Waals surface area contributed by atoms with Gasteiger partial charge in [0.15, 0.2) is 15.6 Å². The van der Waals surface area contributed by atoms with E-state index >= 15 is 0 Å². The van der Waals surface area contributed by atoms with Crippen LogP contribution in [0.3, 0.4) is 0 Å². The smallest absolute Gasteiger partial charge is 0.261 e. The van der Waals surface area contributed by atoms with E-state index in [2.05, 4.69) is 45.0 Å². The zero-order chi connectivity index (χ0) is 25.2. The van der Waals surface area contributed by atoms with Crippen LogP contribution in [0, 0.1) is 0 Å². The summed E-state index contributed by atoms with van der Waals surface area (Å²) in [5.41, 5.74) is 0. The van der Waals surface area contributed by atoms with Gasteiger partial charge in [-0.3, -0.25) is 0 Å². The molecule has 7 heteroatoms. The van der Waals surface area contributed by atoms with Crippen molar-refractivity contribution in [2.45, 2.75) is 80.6 Å². The van der Waals surface area contributed by atoms with Crippen molar-refractivity contribution in [1.82, 2.24) is 0 Å². The molecule has 0 radical (unpaired) electrons. The van der Waals surface area contributed by atoms with Crippen LogP contribution in [0.1, 0.15) is 60.3 Å². The number of hydrogen-bond donors (Lipinski definition) is 0. The highest BCUT2D eigenvalue weighted by molar-refractivity contribution is 7.95. The standard InChI is InChI=1S/C28H36O5SSi/c1-25(2,3)35(22-12-8-6-9-13-22,23-14-10-7-11-15-23)32-21-27(16-17-27)34(29,30)28(18-19-28)24-20-31-26(4,5)33-24/h6-15,20H,16-19,21H2,1-5H3. The third-order valence-corrected chi connectivity index (χ3v) is 16.1. The van der Waals surface area contributed by atoms with E-state index in [1.54, 1.807) is 13.8 Å². The van der Waals surface area contributed by atoms with Crippen LogP contribution in [0.15, 0.2) is 72.7 Å². The fourth-order valence-electron chi connectivity index (χ4n) is 5.52. The first kappa shape index (κ1) is 24.6. The summed E-state index contributed by atoms with van der Waals surface area (Å²) in [4.78, 5) is 0. The number of ether oxygens (including phenoxy) is 2. The van der Waals surface area contributed by atoms with Gasteiger partial charge in [0.1, 0.15) is 11.0 Å². The molecule has 2 aromatic rings. The molecule has 0 unspecified atom stereocenters. The average molecular weight is 513 g/mol. The van der Waals surface area contributed by atoms with Gasteiger partial charge in [-0.1, -0.05) is 81.4 Å². The Morgan fingerprint density at radius 2 is 1.40 bits per heavy atom. The maximum atomic E-state index is 14.2. The summed E-state index contributed by atoms with van der Waals surface area (Å²) in [5.74, 6) is -0.373. The normalized spacial score (nSPS) is 22.0. The molecule has 0 spiro atoms. The Morgan fingerprint density at radius 3 is 1.77 bits per heavy atom. The first-order valence-electron chi connectivity index (χ1n) is 12.5. The van der Waals surface area contributed by atoms with Crippen molar-refractivity contribution in [3.8, 4) is 0 Å². The fraction of sp³-hybridized carbons (Fsp3) is 0.500. The van der Waals surface area contributed by atoms with Gasteiger partial charge in [0.05, 0.1) is 11.4 Å². The predicted octanol–water partition coefficient (Wildman–Crippen LogP) is 4.67. The molecular formula is C28H36O5SSi. The highest BCUT2D eigenvalue weighted by Gasteiger charge is 2.71. The van der Waals surface area contributed by atoms with Crippen LogP contribution in [-0.4, -0.2) is 38.6 Å². The summed E-state index contributed by atoms with van der Waals surface area (Å²) in [6.07, 6.45) is 3.90. The number of hydrogen-bond acceptors (Lipinski definition) is 5. The second-order valence-corrected chi connectivity index (χ2v) is 18.7. The molecule has 2 saturated carbocycles. The maximum Gasteiger partial charge on any atom is 0.261 e. The quantitative estimate of drug-likeness (QED) is 0.481. The highest BCUT2D eigenvalue weighted by atomic mass is 32.2. The van der Waals surface area contributed by atoms with Crippen molar-refractivity contribution in [3.63, 3.8) is 0 Å². The van der Waals surface area contributed by atoms with Gasteiger partial charge in [-0.15, -0.1) is 0 Å². The van der Waals surface area contributed by atoms with E-state index < -0.39 is 33.4 Å². The lowest BCUT2D eigenvalue weighted by atomic mass is 10.2. The topological polar surface area (TPSA) is 61.8 Å². The highest BCUT2D eigenvalue weighted by Crippen LogP contribution is 2.61. The molecule has 5 nitrogen and oxygen atoms in total. The van der Waals surface area contributed by atoms with Crippen LogP contribution >= 0.6 is 0 Å². The molecule has 2 aliphatic carbocycles.